The first-order valence-corrected chi connectivity index (χ1v) is 5.88. The zero-order chi connectivity index (χ0) is 12.1. The van der Waals surface area contributed by atoms with Crippen molar-refractivity contribution in [3.8, 4) is 0 Å². The van der Waals surface area contributed by atoms with Crippen molar-refractivity contribution in [1.82, 2.24) is 10.3 Å². The number of rotatable bonds is 5. The van der Waals surface area contributed by atoms with Crippen molar-refractivity contribution in [2.45, 2.75) is 19.6 Å². The first-order valence-electron chi connectivity index (χ1n) is 5.88. The first-order chi connectivity index (χ1) is 8.29. The molecule has 17 heavy (non-hydrogen) atoms. The summed E-state index contributed by atoms with van der Waals surface area (Å²) in [6.45, 7) is 3.66. The van der Waals surface area contributed by atoms with E-state index < -0.39 is 0 Å². The van der Waals surface area contributed by atoms with E-state index in [9.17, 15) is 0 Å². The molecule has 0 amide bonds. The molecule has 0 bridgehead atoms. The number of hydrogen-bond donors (Lipinski definition) is 1. The molecule has 2 rings (SSSR count). The van der Waals surface area contributed by atoms with Crippen LogP contribution in [0.2, 0.25) is 0 Å². The number of ether oxygens (including phenoxy) is 1. The molecule has 90 valence electrons. The van der Waals surface area contributed by atoms with Crippen LogP contribution >= 0.6 is 0 Å². The van der Waals surface area contributed by atoms with Crippen LogP contribution in [-0.2, 0) is 11.3 Å². The van der Waals surface area contributed by atoms with Crippen LogP contribution < -0.4 is 5.32 Å². The second-order valence-electron chi connectivity index (χ2n) is 4.17. The number of aromatic nitrogens is 1. The summed E-state index contributed by atoms with van der Waals surface area (Å²) >= 11 is 0. The second kappa shape index (κ2) is 5.75. The Kier molecular flexibility index (Phi) is 4.07. The van der Waals surface area contributed by atoms with Gasteiger partial charge in [-0.3, -0.25) is 4.98 Å². The lowest BCUT2D eigenvalue weighted by Crippen LogP contribution is -2.25. The predicted molar refractivity (Wildman–Crippen MR) is 69.9 cm³/mol. The Morgan fingerprint density at radius 3 is 2.88 bits per heavy atom. The van der Waals surface area contributed by atoms with Crippen LogP contribution in [0.1, 0.15) is 12.6 Å². The van der Waals surface area contributed by atoms with Gasteiger partial charge in [0.15, 0.2) is 0 Å². The van der Waals surface area contributed by atoms with E-state index in [-0.39, 0.29) is 6.10 Å². The van der Waals surface area contributed by atoms with E-state index in [0.717, 1.165) is 24.3 Å². The first kappa shape index (κ1) is 12.0. The molecule has 1 N–H and O–H groups in total. The highest BCUT2D eigenvalue weighted by Crippen LogP contribution is 2.11. The SMILES string of the molecule is COC(C)CNCc1ccc2ccccc2n1. The number of para-hydroxylation sites is 1. The van der Waals surface area contributed by atoms with Crippen LogP contribution in [-0.4, -0.2) is 24.7 Å². The van der Waals surface area contributed by atoms with E-state index in [1.165, 1.54) is 5.39 Å². The normalized spacial score (nSPS) is 12.8. The van der Waals surface area contributed by atoms with Gasteiger partial charge in [-0.25, -0.2) is 0 Å². The zero-order valence-corrected chi connectivity index (χ0v) is 10.3. The molecule has 3 nitrogen and oxygen atoms in total. The largest absolute Gasteiger partial charge is 0.380 e. The highest BCUT2D eigenvalue weighted by Gasteiger charge is 2.00. The average Bonchev–Trinajstić information content (AvgIpc) is 2.38. The van der Waals surface area contributed by atoms with Crippen molar-refractivity contribution >= 4 is 10.9 Å². The summed E-state index contributed by atoms with van der Waals surface area (Å²) in [6, 6.07) is 12.3. The minimum Gasteiger partial charge on any atom is -0.380 e. The maximum atomic E-state index is 5.18. The van der Waals surface area contributed by atoms with Crippen molar-refractivity contribution in [3.63, 3.8) is 0 Å². The van der Waals surface area contributed by atoms with E-state index in [4.69, 9.17) is 4.74 Å². The monoisotopic (exact) mass is 230 g/mol. The third kappa shape index (κ3) is 3.25. The number of fused-ring (bicyclic) bond motifs is 1. The van der Waals surface area contributed by atoms with Crippen molar-refractivity contribution < 1.29 is 4.74 Å². The number of methoxy groups -OCH3 is 1. The topological polar surface area (TPSA) is 34.1 Å². The summed E-state index contributed by atoms with van der Waals surface area (Å²) in [6.07, 6.45) is 0.232. The maximum Gasteiger partial charge on any atom is 0.0705 e. The number of pyridine rings is 1. The van der Waals surface area contributed by atoms with Crippen LogP contribution in [0.25, 0.3) is 10.9 Å². The van der Waals surface area contributed by atoms with Crippen LogP contribution in [0.5, 0.6) is 0 Å². The van der Waals surface area contributed by atoms with E-state index >= 15 is 0 Å². The number of nitrogens with zero attached hydrogens (tertiary/aromatic N) is 1. The Bertz CT molecular complexity index is 484. The fourth-order valence-corrected chi connectivity index (χ4v) is 1.69. The molecule has 0 spiro atoms. The van der Waals surface area contributed by atoms with E-state index in [1.54, 1.807) is 7.11 Å². The molecule has 1 atom stereocenters. The van der Waals surface area contributed by atoms with Gasteiger partial charge in [0.05, 0.1) is 17.3 Å². The molecular weight excluding hydrogens is 212 g/mol. The Morgan fingerprint density at radius 1 is 1.24 bits per heavy atom. The van der Waals surface area contributed by atoms with E-state index in [2.05, 4.69) is 28.5 Å². The van der Waals surface area contributed by atoms with Gasteiger partial charge >= 0.3 is 0 Å². The molecule has 3 heteroatoms. The quantitative estimate of drug-likeness (QED) is 0.856. The highest BCUT2D eigenvalue weighted by molar-refractivity contribution is 5.78. The summed E-state index contributed by atoms with van der Waals surface area (Å²) < 4.78 is 5.18. The third-order valence-electron chi connectivity index (χ3n) is 2.80. The average molecular weight is 230 g/mol. The summed E-state index contributed by atoms with van der Waals surface area (Å²) in [4.78, 5) is 4.59. The molecule has 0 saturated heterocycles. The molecule has 2 aromatic rings. The fraction of sp³-hybridized carbons (Fsp3) is 0.357. The van der Waals surface area contributed by atoms with Gasteiger partial charge in [0.2, 0.25) is 0 Å². The molecule has 1 aromatic carbocycles. The molecule has 0 aliphatic carbocycles. The smallest absolute Gasteiger partial charge is 0.0705 e. The van der Waals surface area contributed by atoms with Crippen LogP contribution in [0.15, 0.2) is 36.4 Å². The van der Waals surface area contributed by atoms with Crippen LogP contribution in [0.3, 0.4) is 0 Å². The van der Waals surface area contributed by atoms with Gasteiger partial charge in [-0.1, -0.05) is 24.3 Å². The molecule has 0 saturated carbocycles. The molecule has 0 radical (unpaired) electrons. The lowest BCUT2D eigenvalue weighted by Gasteiger charge is -2.10. The highest BCUT2D eigenvalue weighted by atomic mass is 16.5. The van der Waals surface area contributed by atoms with Crippen molar-refractivity contribution in [2.24, 2.45) is 0 Å². The number of nitrogens with one attached hydrogen (secondary N) is 1. The van der Waals surface area contributed by atoms with Gasteiger partial charge in [0.25, 0.3) is 0 Å². The molecule has 0 aliphatic rings. The van der Waals surface area contributed by atoms with Crippen LogP contribution in [0, 0.1) is 0 Å². The molecule has 0 fully saturated rings. The number of benzene rings is 1. The molecule has 0 aliphatic heterocycles. The maximum absolute atomic E-state index is 5.18. The van der Waals surface area contributed by atoms with Gasteiger partial charge in [-0.15, -0.1) is 0 Å². The summed E-state index contributed by atoms with van der Waals surface area (Å²) in [5, 5.41) is 4.51. The van der Waals surface area contributed by atoms with Gasteiger partial charge in [0, 0.05) is 25.6 Å². The van der Waals surface area contributed by atoms with Crippen molar-refractivity contribution in [3.05, 3.63) is 42.1 Å². The summed E-state index contributed by atoms with van der Waals surface area (Å²) in [5.41, 5.74) is 2.11. The Balaban J connectivity index is 1.99. The standard InChI is InChI=1S/C14H18N2O/c1-11(17-2)9-15-10-13-8-7-12-5-3-4-6-14(12)16-13/h3-8,11,15H,9-10H2,1-2H3. The minimum atomic E-state index is 0.232. The van der Waals surface area contributed by atoms with Gasteiger partial charge in [-0.05, 0) is 19.1 Å². The Hall–Kier alpha value is -1.45. The summed E-state index contributed by atoms with van der Waals surface area (Å²) in [5.74, 6) is 0. The van der Waals surface area contributed by atoms with Gasteiger partial charge < -0.3 is 10.1 Å². The summed E-state index contributed by atoms with van der Waals surface area (Å²) in [7, 11) is 1.72. The molecule has 1 unspecified atom stereocenters. The zero-order valence-electron chi connectivity index (χ0n) is 10.3. The second-order valence-corrected chi connectivity index (χ2v) is 4.17. The van der Waals surface area contributed by atoms with Gasteiger partial charge in [-0.2, -0.15) is 0 Å². The fourth-order valence-electron chi connectivity index (χ4n) is 1.69. The molecule has 1 aromatic heterocycles. The lowest BCUT2D eigenvalue weighted by atomic mass is 10.2. The van der Waals surface area contributed by atoms with Gasteiger partial charge in [0.1, 0.15) is 0 Å². The molecule has 1 heterocycles. The Morgan fingerprint density at radius 2 is 2.06 bits per heavy atom. The third-order valence-corrected chi connectivity index (χ3v) is 2.80. The predicted octanol–water partition coefficient (Wildman–Crippen LogP) is 2.36. The van der Waals surface area contributed by atoms with E-state index in [1.807, 2.05) is 25.1 Å². The van der Waals surface area contributed by atoms with Crippen molar-refractivity contribution in [2.75, 3.05) is 13.7 Å². The molecular formula is C14H18N2O. The van der Waals surface area contributed by atoms with Crippen molar-refractivity contribution in [1.29, 1.82) is 0 Å². The number of hydrogen-bond acceptors (Lipinski definition) is 3. The Labute approximate surface area is 102 Å². The lowest BCUT2D eigenvalue weighted by molar-refractivity contribution is 0.117. The van der Waals surface area contributed by atoms with E-state index in [0.29, 0.717) is 0 Å². The minimum absolute atomic E-state index is 0.232. The van der Waals surface area contributed by atoms with Crippen LogP contribution in [0.4, 0.5) is 0 Å².